The molecule has 1 saturated heterocycles. The van der Waals surface area contributed by atoms with E-state index in [0.29, 0.717) is 11.6 Å². The van der Waals surface area contributed by atoms with Gasteiger partial charge in [0.1, 0.15) is 5.69 Å². The van der Waals surface area contributed by atoms with Crippen molar-refractivity contribution in [1.29, 1.82) is 0 Å². The first-order chi connectivity index (χ1) is 13.7. The summed E-state index contributed by atoms with van der Waals surface area (Å²) >= 11 is 0. The number of nitrogens with one attached hydrogen (secondary N) is 2. The topological polar surface area (TPSA) is 59.0 Å². The Labute approximate surface area is 165 Å². The molecule has 1 aromatic heterocycles. The standard InChI is InChI=1S/C23H26N4O/c1-17-16-21(27(26-17)20-10-6-3-7-11-20)23(28)25-22(18-8-4-2-5-9-18)19-12-14-24-15-13-19/h2-11,16,19,22,24H,12-15H2,1H3,(H,25,28). The molecule has 1 unspecified atom stereocenters. The van der Waals surface area contributed by atoms with Crippen LogP contribution in [0.15, 0.2) is 66.7 Å². The number of benzene rings is 2. The maximum atomic E-state index is 13.3. The number of amides is 1. The van der Waals surface area contributed by atoms with Crippen molar-refractivity contribution in [3.05, 3.63) is 83.7 Å². The zero-order chi connectivity index (χ0) is 19.3. The molecule has 0 saturated carbocycles. The van der Waals surface area contributed by atoms with Crippen LogP contribution in [0.5, 0.6) is 0 Å². The second-order valence-corrected chi connectivity index (χ2v) is 7.37. The fourth-order valence-electron chi connectivity index (χ4n) is 3.95. The Hall–Kier alpha value is -2.92. The summed E-state index contributed by atoms with van der Waals surface area (Å²) in [7, 11) is 0. The van der Waals surface area contributed by atoms with E-state index in [4.69, 9.17) is 0 Å². The molecule has 2 N–H and O–H groups in total. The molecule has 1 fully saturated rings. The van der Waals surface area contributed by atoms with Crippen molar-refractivity contribution >= 4 is 5.91 Å². The minimum atomic E-state index is -0.0863. The highest BCUT2D eigenvalue weighted by Crippen LogP contribution is 2.29. The molecule has 2 aromatic carbocycles. The third kappa shape index (κ3) is 3.99. The summed E-state index contributed by atoms with van der Waals surface area (Å²) < 4.78 is 1.73. The van der Waals surface area contributed by atoms with E-state index >= 15 is 0 Å². The molecule has 28 heavy (non-hydrogen) atoms. The van der Waals surface area contributed by atoms with E-state index in [2.05, 4.69) is 27.9 Å². The number of carbonyl (C=O) groups excluding carboxylic acids is 1. The van der Waals surface area contributed by atoms with E-state index in [-0.39, 0.29) is 11.9 Å². The van der Waals surface area contributed by atoms with E-state index in [0.717, 1.165) is 42.9 Å². The van der Waals surface area contributed by atoms with E-state index in [1.807, 2.05) is 61.5 Å². The fourth-order valence-corrected chi connectivity index (χ4v) is 3.95. The number of nitrogens with zero attached hydrogens (tertiary/aromatic N) is 2. The smallest absolute Gasteiger partial charge is 0.270 e. The number of piperidine rings is 1. The van der Waals surface area contributed by atoms with Crippen LogP contribution in [0.25, 0.3) is 5.69 Å². The Morgan fingerprint density at radius 3 is 2.39 bits per heavy atom. The first-order valence-corrected chi connectivity index (χ1v) is 9.91. The third-order valence-electron chi connectivity index (χ3n) is 5.37. The monoisotopic (exact) mass is 374 g/mol. The van der Waals surface area contributed by atoms with Gasteiger partial charge in [-0.3, -0.25) is 4.79 Å². The molecule has 144 valence electrons. The minimum absolute atomic E-state index is 0.00442. The molecule has 0 bridgehead atoms. The Balaban J connectivity index is 1.63. The van der Waals surface area contributed by atoms with Gasteiger partial charge in [-0.2, -0.15) is 5.10 Å². The number of rotatable bonds is 5. The van der Waals surface area contributed by atoms with Crippen LogP contribution < -0.4 is 10.6 Å². The van der Waals surface area contributed by atoms with Gasteiger partial charge in [0.2, 0.25) is 0 Å². The number of para-hydroxylation sites is 1. The Morgan fingerprint density at radius 2 is 1.71 bits per heavy atom. The summed E-state index contributed by atoms with van der Waals surface area (Å²) in [5.74, 6) is 0.332. The summed E-state index contributed by atoms with van der Waals surface area (Å²) in [5.41, 5.74) is 3.44. The van der Waals surface area contributed by atoms with Crippen LogP contribution in [-0.2, 0) is 0 Å². The number of hydrogen-bond donors (Lipinski definition) is 2. The molecule has 5 heteroatoms. The molecule has 1 atom stereocenters. The number of hydrogen-bond acceptors (Lipinski definition) is 3. The minimum Gasteiger partial charge on any atom is -0.344 e. The lowest BCUT2D eigenvalue weighted by molar-refractivity contribution is 0.0906. The lowest BCUT2D eigenvalue weighted by Gasteiger charge is -2.31. The number of aryl methyl sites for hydroxylation is 1. The van der Waals surface area contributed by atoms with Crippen LogP contribution in [0.1, 0.15) is 40.6 Å². The van der Waals surface area contributed by atoms with Gasteiger partial charge in [-0.15, -0.1) is 0 Å². The molecule has 5 nitrogen and oxygen atoms in total. The first-order valence-electron chi connectivity index (χ1n) is 9.91. The predicted molar refractivity (Wildman–Crippen MR) is 111 cm³/mol. The highest BCUT2D eigenvalue weighted by molar-refractivity contribution is 5.93. The van der Waals surface area contributed by atoms with E-state index in [9.17, 15) is 4.79 Å². The SMILES string of the molecule is Cc1cc(C(=O)NC(c2ccccc2)C2CCNCC2)n(-c2ccccc2)n1. The van der Waals surface area contributed by atoms with Crippen LogP contribution in [0, 0.1) is 12.8 Å². The van der Waals surface area contributed by atoms with E-state index < -0.39 is 0 Å². The van der Waals surface area contributed by atoms with Gasteiger partial charge >= 0.3 is 0 Å². The molecule has 0 radical (unpaired) electrons. The Morgan fingerprint density at radius 1 is 1.07 bits per heavy atom. The Bertz CT molecular complexity index is 914. The molecule has 1 aliphatic heterocycles. The summed E-state index contributed by atoms with van der Waals surface area (Å²) in [6.07, 6.45) is 2.10. The van der Waals surface area contributed by atoms with Crippen LogP contribution >= 0.6 is 0 Å². The average molecular weight is 374 g/mol. The van der Waals surface area contributed by atoms with Crippen LogP contribution in [0.2, 0.25) is 0 Å². The van der Waals surface area contributed by atoms with Crippen molar-refractivity contribution in [2.45, 2.75) is 25.8 Å². The predicted octanol–water partition coefficient (Wildman–Crippen LogP) is 3.65. The van der Waals surface area contributed by atoms with Crippen molar-refractivity contribution < 1.29 is 4.79 Å². The lowest BCUT2D eigenvalue weighted by Crippen LogP contribution is -2.39. The van der Waals surface area contributed by atoms with Gasteiger partial charge in [-0.25, -0.2) is 4.68 Å². The quantitative estimate of drug-likeness (QED) is 0.717. The molecule has 3 aromatic rings. The van der Waals surface area contributed by atoms with Crippen LogP contribution in [-0.4, -0.2) is 28.8 Å². The molecule has 4 rings (SSSR count). The van der Waals surface area contributed by atoms with Crippen molar-refractivity contribution in [2.75, 3.05) is 13.1 Å². The van der Waals surface area contributed by atoms with E-state index in [1.54, 1.807) is 4.68 Å². The first kappa shape index (κ1) is 18.4. The van der Waals surface area contributed by atoms with Gasteiger partial charge in [0.15, 0.2) is 0 Å². The molecular formula is C23H26N4O. The highest BCUT2D eigenvalue weighted by atomic mass is 16.2. The van der Waals surface area contributed by atoms with Crippen molar-refractivity contribution in [3.8, 4) is 5.69 Å². The largest absolute Gasteiger partial charge is 0.344 e. The molecule has 0 spiro atoms. The van der Waals surface area contributed by atoms with Gasteiger partial charge in [0, 0.05) is 0 Å². The lowest BCUT2D eigenvalue weighted by atomic mass is 9.86. The summed E-state index contributed by atoms with van der Waals surface area (Å²) in [6.45, 7) is 3.90. The fraction of sp³-hybridized carbons (Fsp3) is 0.304. The van der Waals surface area contributed by atoms with E-state index in [1.165, 1.54) is 0 Å². The zero-order valence-electron chi connectivity index (χ0n) is 16.1. The molecular weight excluding hydrogens is 348 g/mol. The Kier molecular flexibility index (Phi) is 5.53. The molecule has 1 amide bonds. The number of aromatic nitrogens is 2. The maximum Gasteiger partial charge on any atom is 0.270 e. The zero-order valence-corrected chi connectivity index (χ0v) is 16.1. The molecule has 1 aliphatic rings. The van der Waals surface area contributed by atoms with Crippen LogP contribution in [0.3, 0.4) is 0 Å². The van der Waals surface area contributed by atoms with Gasteiger partial charge in [-0.05, 0) is 62.5 Å². The van der Waals surface area contributed by atoms with Gasteiger partial charge < -0.3 is 10.6 Å². The second-order valence-electron chi connectivity index (χ2n) is 7.37. The van der Waals surface area contributed by atoms with Crippen LogP contribution in [0.4, 0.5) is 0 Å². The molecule has 0 aliphatic carbocycles. The summed E-state index contributed by atoms with van der Waals surface area (Å²) in [4.78, 5) is 13.3. The highest BCUT2D eigenvalue weighted by Gasteiger charge is 2.28. The molecule has 2 heterocycles. The van der Waals surface area contributed by atoms with Crippen molar-refractivity contribution in [3.63, 3.8) is 0 Å². The van der Waals surface area contributed by atoms with Crippen molar-refractivity contribution in [2.24, 2.45) is 5.92 Å². The normalized spacial score (nSPS) is 15.9. The number of carbonyl (C=O) groups is 1. The summed E-state index contributed by atoms with van der Waals surface area (Å²) in [6, 6.07) is 21.9. The third-order valence-corrected chi connectivity index (χ3v) is 5.37. The maximum absolute atomic E-state index is 13.3. The van der Waals surface area contributed by atoms with Gasteiger partial charge in [0.05, 0.1) is 17.4 Å². The van der Waals surface area contributed by atoms with Gasteiger partial charge in [0.25, 0.3) is 5.91 Å². The second kappa shape index (κ2) is 8.40. The van der Waals surface area contributed by atoms with Gasteiger partial charge in [-0.1, -0.05) is 48.5 Å². The van der Waals surface area contributed by atoms with Crippen molar-refractivity contribution in [1.82, 2.24) is 20.4 Å². The average Bonchev–Trinajstić information content (AvgIpc) is 3.15. The summed E-state index contributed by atoms with van der Waals surface area (Å²) in [5, 5.41) is 11.3.